The smallest absolute Gasteiger partial charge is 0.0786 e. The Morgan fingerprint density at radius 3 is 2.56 bits per heavy atom. The molecule has 4 heteroatoms. The fourth-order valence-electron chi connectivity index (χ4n) is 1.81. The van der Waals surface area contributed by atoms with E-state index in [-0.39, 0.29) is 0 Å². The van der Waals surface area contributed by atoms with Gasteiger partial charge in [0.2, 0.25) is 0 Å². The number of pyridine rings is 1. The first-order valence-corrected chi connectivity index (χ1v) is 6.15. The molecule has 0 aliphatic rings. The molecule has 1 heterocycles. The van der Waals surface area contributed by atoms with Crippen LogP contribution in [0.15, 0.2) is 42.7 Å². The van der Waals surface area contributed by atoms with Gasteiger partial charge in [-0.1, -0.05) is 17.7 Å². The number of nitrogens with one attached hydrogen (secondary N) is 1. The van der Waals surface area contributed by atoms with Crippen molar-refractivity contribution in [2.75, 3.05) is 24.3 Å². The number of hydrogen-bond donors (Lipinski definition) is 1. The van der Waals surface area contributed by atoms with Gasteiger partial charge in [0.05, 0.1) is 16.4 Å². The Balaban J connectivity index is 2.17. The van der Waals surface area contributed by atoms with E-state index in [1.807, 2.05) is 49.3 Å². The third-order valence-electron chi connectivity index (χ3n) is 2.67. The van der Waals surface area contributed by atoms with Crippen LogP contribution in [0, 0.1) is 0 Å². The Morgan fingerprint density at radius 2 is 1.89 bits per heavy atom. The van der Waals surface area contributed by atoms with Crippen LogP contribution in [0.2, 0.25) is 5.02 Å². The topological polar surface area (TPSA) is 28.2 Å². The summed E-state index contributed by atoms with van der Waals surface area (Å²) in [6.45, 7) is 0.754. The van der Waals surface area contributed by atoms with Crippen LogP contribution < -0.4 is 10.2 Å². The Bertz CT molecular complexity index is 512. The second-order valence-electron chi connectivity index (χ2n) is 4.24. The van der Waals surface area contributed by atoms with E-state index in [9.17, 15) is 0 Å². The highest BCUT2D eigenvalue weighted by molar-refractivity contribution is 6.34. The van der Waals surface area contributed by atoms with Crippen molar-refractivity contribution in [3.63, 3.8) is 0 Å². The first-order chi connectivity index (χ1) is 8.68. The zero-order valence-electron chi connectivity index (χ0n) is 10.5. The average molecular weight is 262 g/mol. The van der Waals surface area contributed by atoms with Gasteiger partial charge >= 0.3 is 0 Å². The molecule has 2 rings (SSSR count). The van der Waals surface area contributed by atoms with E-state index in [2.05, 4.69) is 10.3 Å². The Morgan fingerprint density at radius 1 is 1.17 bits per heavy atom. The lowest BCUT2D eigenvalue weighted by Gasteiger charge is -2.20. The van der Waals surface area contributed by atoms with Crippen LogP contribution in [0.4, 0.5) is 11.4 Å². The first-order valence-electron chi connectivity index (χ1n) is 5.77. The summed E-state index contributed by atoms with van der Waals surface area (Å²) in [6.07, 6.45) is 3.59. The van der Waals surface area contributed by atoms with Crippen LogP contribution in [0.25, 0.3) is 0 Å². The summed E-state index contributed by atoms with van der Waals surface area (Å²) in [7, 11) is 3.97. The predicted octanol–water partition coefficient (Wildman–Crippen LogP) is 3.41. The molecule has 2 aromatic rings. The average Bonchev–Trinajstić information content (AvgIpc) is 2.37. The lowest BCUT2D eigenvalue weighted by Crippen LogP contribution is -2.12. The quantitative estimate of drug-likeness (QED) is 0.914. The van der Waals surface area contributed by atoms with Crippen molar-refractivity contribution in [1.29, 1.82) is 0 Å². The molecular formula is C14H16ClN3. The van der Waals surface area contributed by atoms with Crippen LogP contribution in [-0.4, -0.2) is 19.1 Å². The second-order valence-corrected chi connectivity index (χ2v) is 4.65. The molecule has 3 nitrogen and oxygen atoms in total. The summed E-state index contributed by atoms with van der Waals surface area (Å²) < 4.78 is 0. The van der Waals surface area contributed by atoms with Crippen LogP contribution >= 0.6 is 11.6 Å². The molecule has 0 aliphatic carbocycles. The zero-order chi connectivity index (χ0) is 13.0. The number of aromatic nitrogens is 1. The fourth-order valence-corrected chi connectivity index (χ4v) is 2.15. The molecule has 0 spiro atoms. The van der Waals surface area contributed by atoms with Gasteiger partial charge in [0, 0.05) is 33.0 Å². The maximum absolute atomic E-state index is 6.21. The van der Waals surface area contributed by atoms with Crippen molar-refractivity contribution in [1.82, 2.24) is 4.98 Å². The Kier molecular flexibility index (Phi) is 4.05. The minimum Gasteiger partial charge on any atom is -0.379 e. The molecule has 0 radical (unpaired) electrons. The third-order valence-corrected chi connectivity index (χ3v) is 2.97. The molecule has 0 aliphatic heterocycles. The van der Waals surface area contributed by atoms with Gasteiger partial charge in [0.25, 0.3) is 0 Å². The van der Waals surface area contributed by atoms with Gasteiger partial charge in [-0.25, -0.2) is 0 Å². The summed E-state index contributed by atoms with van der Waals surface area (Å²) in [4.78, 5) is 6.01. The van der Waals surface area contributed by atoms with Crippen LogP contribution in [0.5, 0.6) is 0 Å². The van der Waals surface area contributed by atoms with E-state index in [0.717, 1.165) is 22.9 Å². The Labute approximate surface area is 112 Å². The third kappa shape index (κ3) is 2.93. The van der Waals surface area contributed by atoms with Crippen LogP contribution in [0.1, 0.15) is 5.56 Å². The lowest BCUT2D eigenvalue weighted by atomic mass is 10.2. The van der Waals surface area contributed by atoms with Gasteiger partial charge in [0.15, 0.2) is 0 Å². The van der Waals surface area contributed by atoms with Crippen molar-refractivity contribution >= 4 is 23.0 Å². The highest BCUT2D eigenvalue weighted by Crippen LogP contribution is 2.32. The van der Waals surface area contributed by atoms with E-state index >= 15 is 0 Å². The molecule has 0 saturated heterocycles. The maximum atomic E-state index is 6.21. The van der Waals surface area contributed by atoms with Crippen LogP contribution in [-0.2, 0) is 6.54 Å². The maximum Gasteiger partial charge on any atom is 0.0786 e. The summed E-state index contributed by atoms with van der Waals surface area (Å²) in [5.41, 5.74) is 3.23. The summed E-state index contributed by atoms with van der Waals surface area (Å²) in [5.74, 6) is 0. The second kappa shape index (κ2) is 5.74. The van der Waals surface area contributed by atoms with Crippen LogP contribution in [0.3, 0.4) is 0 Å². The Hall–Kier alpha value is -1.74. The van der Waals surface area contributed by atoms with Gasteiger partial charge in [0.1, 0.15) is 0 Å². The number of hydrogen-bond acceptors (Lipinski definition) is 3. The lowest BCUT2D eigenvalue weighted by molar-refractivity contribution is 1.09. The largest absolute Gasteiger partial charge is 0.379 e. The summed E-state index contributed by atoms with van der Waals surface area (Å²) in [5, 5.41) is 4.15. The number of halogens is 1. The summed E-state index contributed by atoms with van der Waals surface area (Å²) in [6, 6.07) is 9.86. The van der Waals surface area contributed by atoms with Crippen molar-refractivity contribution < 1.29 is 0 Å². The van der Waals surface area contributed by atoms with E-state index in [4.69, 9.17) is 11.6 Å². The van der Waals surface area contributed by atoms with Crippen molar-refractivity contribution in [3.8, 4) is 0 Å². The van der Waals surface area contributed by atoms with E-state index in [1.165, 1.54) is 5.56 Å². The molecule has 0 bridgehead atoms. The highest BCUT2D eigenvalue weighted by atomic mass is 35.5. The van der Waals surface area contributed by atoms with E-state index < -0.39 is 0 Å². The predicted molar refractivity (Wildman–Crippen MR) is 77.3 cm³/mol. The molecule has 0 unspecified atom stereocenters. The number of para-hydroxylation sites is 1. The van der Waals surface area contributed by atoms with E-state index in [1.54, 1.807) is 12.4 Å². The number of rotatable bonds is 4. The minimum atomic E-state index is 0.750. The number of anilines is 2. The van der Waals surface area contributed by atoms with Crippen molar-refractivity contribution in [2.24, 2.45) is 0 Å². The van der Waals surface area contributed by atoms with Crippen molar-refractivity contribution in [3.05, 3.63) is 53.3 Å². The summed E-state index contributed by atoms with van der Waals surface area (Å²) >= 11 is 6.21. The molecule has 1 aromatic heterocycles. The molecule has 0 amide bonds. The monoisotopic (exact) mass is 261 g/mol. The fraction of sp³-hybridized carbons (Fsp3) is 0.214. The van der Waals surface area contributed by atoms with Gasteiger partial charge in [-0.05, 0) is 29.8 Å². The minimum absolute atomic E-state index is 0.750. The molecule has 0 fully saturated rings. The molecular weight excluding hydrogens is 246 g/mol. The molecule has 1 aromatic carbocycles. The number of nitrogens with zero attached hydrogens (tertiary/aromatic N) is 2. The molecule has 18 heavy (non-hydrogen) atoms. The van der Waals surface area contributed by atoms with Gasteiger partial charge in [-0.2, -0.15) is 0 Å². The zero-order valence-corrected chi connectivity index (χ0v) is 11.3. The first kappa shape index (κ1) is 12.7. The highest BCUT2D eigenvalue weighted by Gasteiger charge is 2.08. The van der Waals surface area contributed by atoms with Gasteiger partial charge in [-0.3, -0.25) is 4.98 Å². The normalized spacial score (nSPS) is 10.2. The SMILES string of the molecule is CN(C)c1c(Cl)cccc1NCc1ccncc1. The van der Waals surface area contributed by atoms with Crippen molar-refractivity contribution in [2.45, 2.75) is 6.54 Å². The van der Waals surface area contributed by atoms with Gasteiger partial charge in [-0.15, -0.1) is 0 Å². The van der Waals surface area contributed by atoms with Gasteiger partial charge < -0.3 is 10.2 Å². The molecule has 94 valence electrons. The standard InChI is InChI=1S/C14H16ClN3/c1-18(2)14-12(15)4-3-5-13(14)17-10-11-6-8-16-9-7-11/h3-9,17H,10H2,1-2H3. The molecule has 0 saturated carbocycles. The van der Waals surface area contributed by atoms with E-state index in [0.29, 0.717) is 0 Å². The molecule has 0 atom stereocenters. The molecule has 1 N–H and O–H groups in total. The number of benzene rings is 1.